The van der Waals surface area contributed by atoms with Gasteiger partial charge in [0.2, 0.25) is 0 Å². The predicted octanol–water partition coefficient (Wildman–Crippen LogP) is 0.830. The number of carbonyl (C=O) groups excluding carboxylic acids is 1. The molecule has 98 valence electrons. The number of nitrogens with one attached hydrogen (secondary N) is 1. The number of aliphatic hydroxyl groups is 1. The van der Waals surface area contributed by atoms with Gasteiger partial charge in [0.25, 0.3) is 0 Å². The van der Waals surface area contributed by atoms with Crippen molar-refractivity contribution >= 4 is 5.97 Å². The summed E-state index contributed by atoms with van der Waals surface area (Å²) in [5, 5.41) is 12.7. The Bertz CT molecular complexity index is 298. The van der Waals surface area contributed by atoms with Crippen LogP contribution in [0, 0.1) is 0 Å². The number of esters is 1. The van der Waals surface area contributed by atoms with Crippen molar-refractivity contribution in [2.45, 2.75) is 56.3 Å². The molecule has 1 saturated carbocycles. The fourth-order valence-electron chi connectivity index (χ4n) is 2.39. The molecule has 17 heavy (non-hydrogen) atoms. The lowest BCUT2D eigenvalue weighted by Crippen LogP contribution is -2.45. The van der Waals surface area contributed by atoms with Crippen molar-refractivity contribution in [2.75, 3.05) is 6.54 Å². The molecule has 1 heterocycles. The highest BCUT2D eigenvalue weighted by Crippen LogP contribution is 2.30. The summed E-state index contributed by atoms with van der Waals surface area (Å²) in [4.78, 5) is 10.8. The van der Waals surface area contributed by atoms with Crippen LogP contribution in [0.5, 0.6) is 0 Å². The molecule has 1 saturated heterocycles. The lowest BCUT2D eigenvalue weighted by Gasteiger charge is -2.29. The van der Waals surface area contributed by atoms with E-state index in [9.17, 15) is 18.7 Å². The maximum absolute atomic E-state index is 12.9. The summed E-state index contributed by atoms with van der Waals surface area (Å²) < 4.78 is 30.3. The van der Waals surface area contributed by atoms with Gasteiger partial charge >= 0.3 is 11.9 Å². The van der Waals surface area contributed by atoms with Gasteiger partial charge in [-0.1, -0.05) is 12.8 Å². The molecule has 2 aliphatic rings. The van der Waals surface area contributed by atoms with Crippen LogP contribution in [0.1, 0.15) is 32.1 Å². The Labute approximate surface area is 98.3 Å². The van der Waals surface area contributed by atoms with Crippen LogP contribution < -0.4 is 5.32 Å². The standard InChI is InChI=1S/C11H17F2NO3/c12-11(13)5-7(17-10(11)16)6-14-8-3-1-2-4-9(8)15/h7-9,14-15H,1-6H2. The minimum atomic E-state index is -3.35. The van der Waals surface area contributed by atoms with Crippen molar-refractivity contribution in [1.29, 1.82) is 0 Å². The Morgan fingerprint density at radius 3 is 2.71 bits per heavy atom. The molecule has 6 heteroatoms. The first-order valence-corrected chi connectivity index (χ1v) is 5.99. The molecule has 2 N–H and O–H groups in total. The molecule has 3 unspecified atom stereocenters. The normalized spacial score (nSPS) is 36.9. The number of alkyl halides is 2. The van der Waals surface area contributed by atoms with Crippen molar-refractivity contribution in [3.05, 3.63) is 0 Å². The van der Waals surface area contributed by atoms with E-state index in [1.807, 2.05) is 0 Å². The third-order valence-corrected chi connectivity index (χ3v) is 3.39. The van der Waals surface area contributed by atoms with E-state index in [-0.39, 0.29) is 12.6 Å². The fraction of sp³-hybridized carbons (Fsp3) is 0.909. The minimum absolute atomic E-state index is 0.0725. The Hall–Kier alpha value is -0.750. The van der Waals surface area contributed by atoms with Crippen LogP contribution in [0.4, 0.5) is 8.78 Å². The summed E-state index contributed by atoms with van der Waals surface area (Å²) in [6.07, 6.45) is 1.80. The van der Waals surface area contributed by atoms with Gasteiger partial charge < -0.3 is 15.2 Å². The third-order valence-electron chi connectivity index (χ3n) is 3.39. The monoisotopic (exact) mass is 249 g/mol. The Balaban J connectivity index is 1.77. The summed E-state index contributed by atoms with van der Waals surface area (Å²) >= 11 is 0. The van der Waals surface area contributed by atoms with Gasteiger partial charge in [0.15, 0.2) is 0 Å². The van der Waals surface area contributed by atoms with Crippen LogP contribution >= 0.6 is 0 Å². The number of rotatable bonds is 3. The first kappa shape index (κ1) is 12.7. The third kappa shape index (κ3) is 2.93. The quantitative estimate of drug-likeness (QED) is 0.727. The average Bonchev–Trinajstić information content (AvgIpc) is 2.52. The highest BCUT2D eigenvalue weighted by atomic mass is 19.3. The van der Waals surface area contributed by atoms with E-state index in [1.165, 1.54) is 0 Å². The molecule has 0 spiro atoms. The molecule has 0 radical (unpaired) electrons. The molecule has 0 aromatic carbocycles. The second-order valence-corrected chi connectivity index (χ2v) is 4.80. The molecule has 2 fully saturated rings. The first-order valence-electron chi connectivity index (χ1n) is 5.99. The van der Waals surface area contributed by atoms with Crippen molar-refractivity contribution in [1.82, 2.24) is 5.32 Å². The van der Waals surface area contributed by atoms with Crippen LogP contribution in [-0.2, 0) is 9.53 Å². The summed E-state index contributed by atoms with van der Waals surface area (Å²) in [6, 6.07) is -0.0725. The van der Waals surface area contributed by atoms with Crippen molar-refractivity contribution < 1.29 is 23.4 Å². The minimum Gasteiger partial charge on any atom is -0.456 e. The maximum atomic E-state index is 12.9. The molecule has 0 amide bonds. The molecular weight excluding hydrogens is 232 g/mol. The van der Waals surface area contributed by atoms with Crippen LogP contribution in [0.3, 0.4) is 0 Å². The van der Waals surface area contributed by atoms with Crippen LogP contribution in [-0.4, -0.2) is 41.8 Å². The molecule has 0 aromatic rings. The number of hydrogen-bond donors (Lipinski definition) is 2. The van der Waals surface area contributed by atoms with Gasteiger partial charge in [0, 0.05) is 12.6 Å². The SMILES string of the molecule is O=C1OC(CNC2CCCCC2O)CC1(F)F. The van der Waals surface area contributed by atoms with Crippen molar-refractivity contribution in [2.24, 2.45) is 0 Å². The number of carbonyl (C=O) groups is 1. The van der Waals surface area contributed by atoms with Gasteiger partial charge in [-0.2, -0.15) is 8.78 Å². The molecule has 3 atom stereocenters. The number of ether oxygens (including phenoxy) is 1. The lowest BCUT2D eigenvalue weighted by molar-refractivity contribution is -0.159. The smallest absolute Gasteiger partial charge is 0.377 e. The van der Waals surface area contributed by atoms with E-state index in [0.29, 0.717) is 0 Å². The van der Waals surface area contributed by atoms with Crippen molar-refractivity contribution in [3.63, 3.8) is 0 Å². The topological polar surface area (TPSA) is 58.6 Å². The Morgan fingerprint density at radius 2 is 2.12 bits per heavy atom. The fourth-order valence-corrected chi connectivity index (χ4v) is 2.39. The number of halogens is 2. The van der Waals surface area contributed by atoms with Crippen LogP contribution in [0.15, 0.2) is 0 Å². The number of aliphatic hydroxyl groups excluding tert-OH is 1. The zero-order valence-corrected chi connectivity index (χ0v) is 9.49. The van der Waals surface area contributed by atoms with E-state index in [1.54, 1.807) is 0 Å². The highest BCUT2D eigenvalue weighted by molar-refractivity contribution is 5.79. The second kappa shape index (κ2) is 4.86. The molecule has 4 nitrogen and oxygen atoms in total. The second-order valence-electron chi connectivity index (χ2n) is 4.80. The molecule has 2 rings (SSSR count). The summed E-state index contributed by atoms with van der Waals surface area (Å²) in [5.74, 6) is -4.79. The molecule has 0 aromatic heterocycles. The molecular formula is C11H17F2NO3. The van der Waals surface area contributed by atoms with Crippen molar-refractivity contribution in [3.8, 4) is 0 Å². The summed E-state index contributed by atoms with van der Waals surface area (Å²) in [6.45, 7) is 0.184. The molecule has 1 aliphatic heterocycles. The molecule has 0 bridgehead atoms. The molecule has 1 aliphatic carbocycles. The van der Waals surface area contributed by atoms with E-state index < -0.39 is 30.5 Å². The number of cyclic esters (lactones) is 1. The Morgan fingerprint density at radius 1 is 1.41 bits per heavy atom. The van der Waals surface area contributed by atoms with E-state index in [4.69, 9.17) is 0 Å². The van der Waals surface area contributed by atoms with Gasteiger partial charge in [-0.05, 0) is 12.8 Å². The van der Waals surface area contributed by atoms with Gasteiger partial charge in [0.05, 0.1) is 12.5 Å². The highest BCUT2D eigenvalue weighted by Gasteiger charge is 2.50. The largest absolute Gasteiger partial charge is 0.456 e. The van der Waals surface area contributed by atoms with E-state index >= 15 is 0 Å². The summed E-state index contributed by atoms with van der Waals surface area (Å²) in [5.41, 5.74) is 0. The van der Waals surface area contributed by atoms with E-state index in [2.05, 4.69) is 10.1 Å². The first-order chi connectivity index (χ1) is 7.99. The maximum Gasteiger partial charge on any atom is 0.377 e. The van der Waals surface area contributed by atoms with Gasteiger partial charge in [0.1, 0.15) is 6.10 Å². The summed E-state index contributed by atoms with van der Waals surface area (Å²) in [7, 11) is 0. The van der Waals surface area contributed by atoms with Gasteiger partial charge in [-0.15, -0.1) is 0 Å². The number of hydrogen-bond acceptors (Lipinski definition) is 4. The Kier molecular flexibility index (Phi) is 3.63. The lowest BCUT2D eigenvalue weighted by atomic mass is 9.92. The predicted molar refractivity (Wildman–Crippen MR) is 55.7 cm³/mol. The van der Waals surface area contributed by atoms with E-state index in [0.717, 1.165) is 25.7 Å². The average molecular weight is 249 g/mol. The zero-order valence-electron chi connectivity index (χ0n) is 9.49. The van der Waals surface area contributed by atoms with Crippen LogP contribution in [0.25, 0.3) is 0 Å². The zero-order chi connectivity index (χ0) is 12.5. The van der Waals surface area contributed by atoms with Crippen LogP contribution in [0.2, 0.25) is 0 Å². The van der Waals surface area contributed by atoms with Gasteiger partial charge in [-0.3, -0.25) is 0 Å². The van der Waals surface area contributed by atoms with Gasteiger partial charge in [-0.25, -0.2) is 4.79 Å².